The van der Waals surface area contributed by atoms with Crippen LogP contribution in [-0.2, 0) is 11.0 Å². The highest BCUT2D eigenvalue weighted by Gasteiger charge is 2.40. The van der Waals surface area contributed by atoms with Crippen molar-refractivity contribution in [2.24, 2.45) is 0 Å². The van der Waals surface area contributed by atoms with E-state index < -0.39 is 17.3 Å². The van der Waals surface area contributed by atoms with Crippen molar-refractivity contribution in [2.75, 3.05) is 10.6 Å². The van der Waals surface area contributed by atoms with E-state index in [4.69, 9.17) is 0 Å². The highest BCUT2D eigenvalue weighted by molar-refractivity contribution is 6.06. The minimum Gasteiger partial charge on any atom is -0.370 e. The molecule has 104 valence electrons. The zero-order valence-electron chi connectivity index (χ0n) is 10.7. The molecule has 19 heavy (non-hydrogen) atoms. The first kappa shape index (κ1) is 13.7. The summed E-state index contributed by atoms with van der Waals surface area (Å²) in [5, 5.41) is 5.62. The van der Waals surface area contributed by atoms with Gasteiger partial charge in [0.05, 0.1) is 16.9 Å². The van der Waals surface area contributed by atoms with E-state index in [9.17, 15) is 18.0 Å². The van der Waals surface area contributed by atoms with Gasteiger partial charge < -0.3 is 10.6 Å². The van der Waals surface area contributed by atoms with Crippen molar-refractivity contribution in [1.29, 1.82) is 0 Å². The van der Waals surface area contributed by atoms with E-state index in [1.807, 2.05) is 13.8 Å². The fourth-order valence-corrected chi connectivity index (χ4v) is 2.24. The summed E-state index contributed by atoms with van der Waals surface area (Å²) < 4.78 is 37.8. The molecule has 1 amide bonds. The number of amides is 1. The molecule has 0 fully saturated rings. The molecule has 1 heterocycles. The molecule has 3 nitrogen and oxygen atoms in total. The lowest BCUT2D eigenvalue weighted by atomic mass is 9.89. The van der Waals surface area contributed by atoms with Crippen LogP contribution in [0.4, 0.5) is 24.5 Å². The summed E-state index contributed by atoms with van der Waals surface area (Å²) in [7, 11) is 0. The van der Waals surface area contributed by atoms with Gasteiger partial charge in [0.2, 0.25) is 5.91 Å². The van der Waals surface area contributed by atoms with Crippen molar-refractivity contribution in [3.05, 3.63) is 23.8 Å². The summed E-state index contributed by atoms with van der Waals surface area (Å²) in [4.78, 5) is 12.0. The molecule has 1 aromatic rings. The van der Waals surface area contributed by atoms with Crippen LogP contribution in [0.15, 0.2) is 18.2 Å². The van der Waals surface area contributed by atoms with E-state index >= 15 is 0 Å². The van der Waals surface area contributed by atoms with Gasteiger partial charge in [-0.25, -0.2) is 0 Å². The highest BCUT2D eigenvalue weighted by Crippen LogP contribution is 2.38. The monoisotopic (exact) mass is 272 g/mol. The summed E-state index contributed by atoms with van der Waals surface area (Å²) in [5.41, 5.74) is -0.810. The quantitative estimate of drug-likeness (QED) is 0.863. The number of hydrogen-bond donors (Lipinski definition) is 2. The van der Waals surface area contributed by atoms with Crippen LogP contribution in [0.5, 0.6) is 0 Å². The number of anilines is 2. The summed E-state index contributed by atoms with van der Waals surface area (Å²) in [6.07, 6.45) is -3.28. The average Bonchev–Trinajstić information content (AvgIpc) is 2.36. The van der Waals surface area contributed by atoms with Gasteiger partial charge >= 0.3 is 6.18 Å². The Hall–Kier alpha value is -1.72. The molecule has 0 aliphatic carbocycles. The van der Waals surface area contributed by atoms with E-state index in [-0.39, 0.29) is 11.6 Å². The molecule has 1 aliphatic heterocycles. The first-order valence-corrected chi connectivity index (χ1v) is 6.13. The van der Waals surface area contributed by atoms with E-state index in [1.54, 1.807) is 0 Å². The number of carbonyl (C=O) groups is 1. The van der Waals surface area contributed by atoms with Crippen LogP contribution in [0.3, 0.4) is 0 Å². The minimum absolute atomic E-state index is 0.178. The standard InChI is InChI=1S/C13H15F3N2O/c1-3-12(4-2)11(19)17-10-7-8(13(14,15)16)5-6-9(10)18-12/h5-7,18H,3-4H2,1-2H3,(H,17,19). The normalized spacial score (nSPS) is 17.4. The first-order chi connectivity index (χ1) is 8.82. The Balaban J connectivity index is 2.42. The number of fused-ring (bicyclic) bond motifs is 1. The molecular weight excluding hydrogens is 257 g/mol. The van der Waals surface area contributed by atoms with E-state index in [1.165, 1.54) is 6.07 Å². The number of carbonyl (C=O) groups excluding carboxylic acids is 1. The van der Waals surface area contributed by atoms with Crippen LogP contribution in [0, 0.1) is 0 Å². The smallest absolute Gasteiger partial charge is 0.370 e. The predicted molar refractivity (Wildman–Crippen MR) is 67.0 cm³/mol. The number of halogens is 3. The number of benzene rings is 1. The Morgan fingerprint density at radius 2 is 1.79 bits per heavy atom. The Morgan fingerprint density at radius 1 is 1.16 bits per heavy atom. The van der Waals surface area contributed by atoms with Crippen molar-refractivity contribution in [3.8, 4) is 0 Å². The molecule has 2 N–H and O–H groups in total. The minimum atomic E-state index is -4.41. The van der Waals surface area contributed by atoms with Crippen molar-refractivity contribution in [1.82, 2.24) is 0 Å². The van der Waals surface area contributed by atoms with E-state index in [0.29, 0.717) is 18.5 Å². The molecule has 1 aromatic carbocycles. The third-order valence-corrected chi connectivity index (χ3v) is 3.61. The van der Waals surface area contributed by atoms with Crippen molar-refractivity contribution in [2.45, 2.75) is 38.4 Å². The number of nitrogens with one attached hydrogen (secondary N) is 2. The zero-order valence-corrected chi connectivity index (χ0v) is 10.7. The molecule has 2 rings (SSSR count). The van der Waals surface area contributed by atoms with Crippen LogP contribution >= 0.6 is 0 Å². The summed E-state index contributed by atoms with van der Waals surface area (Å²) in [6.45, 7) is 3.73. The number of hydrogen-bond acceptors (Lipinski definition) is 2. The molecule has 0 radical (unpaired) electrons. The van der Waals surface area contributed by atoms with Gasteiger partial charge in [0.25, 0.3) is 0 Å². The molecule has 0 saturated carbocycles. The van der Waals surface area contributed by atoms with Crippen molar-refractivity contribution < 1.29 is 18.0 Å². The second kappa shape index (κ2) is 4.43. The Labute approximate surface area is 109 Å². The summed E-state index contributed by atoms with van der Waals surface area (Å²) in [5.74, 6) is -0.288. The van der Waals surface area contributed by atoms with Gasteiger partial charge in [-0.15, -0.1) is 0 Å². The van der Waals surface area contributed by atoms with Gasteiger partial charge in [0.15, 0.2) is 0 Å². The molecule has 0 atom stereocenters. The van der Waals surface area contributed by atoms with Crippen molar-refractivity contribution in [3.63, 3.8) is 0 Å². The molecular formula is C13H15F3N2O. The van der Waals surface area contributed by atoms with Gasteiger partial charge in [-0.2, -0.15) is 13.2 Å². The molecule has 0 aromatic heterocycles. The number of rotatable bonds is 2. The van der Waals surface area contributed by atoms with Gasteiger partial charge in [-0.3, -0.25) is 4.79 Å². The third-order valence-electron chi connectivity index (χ3n) is 3.61. The SMILES string of the molecule is CCC1(CC)Nc2ccc(C(F)(F)F)cc2NC1=O. The molecule has 0 bridgehead atoms. The fourth-order valence-electron chi connectivity index (χ4n) is 2.24. The molecule has 0 unspecified atom stereocenters. The summed E-state index contributed by atoms with van der Waals surface area (Å²) in [6, 6.07) is 3.33. The maximum Gasteiger partial charge on any atom is 0.416 e. The average molecular weight is 272 g/mol. The largest absolute Gasteiger partial charge is 0.416 e. The van der Waals surface area contributed by atoms with Crippen LogP contribution < -0.4 is 10.6 Å². The Kier molecular flexibility index (Phi) is 3.20. The maximum atomic E-state index is 12.6. The molecule has 6 heteroatoms. The van der Waals surface area contributed by atoms with Crippen LogP contribution in [0.2, 0.25) is 0 Å². The lowest BCUT2D eigenvalue weighted by molar-refractivity contribution is -0.137. The Morgan fingerprint density at radius 3 is 2.32 bits per heavy atom. The first-order valence-electron chi connectivity index (χ1n) is 6.13. The fraction of sp³-hybridized carbons (Fsp3) is 0.462. The van der Waals surface area contributed by atoms with Crippen LogP contribution in [-0.4, -0.2) is 11.4 Å². The molecule has 1 aliphatic rings. The van der Waals surface area contributed by atoms with Gasteiger partial charge in [0, 0.05) is 0 Å². The topological polar surface area (TPSA) is 41.1 Å². The lowest BCUT2D eigenvalue weighted by Gasteiger charge is -2.37. The van der Waals surface area contributed by atoms with Gasteiger partial charge in [0.1, 0.15) is 5.54 Å². The summed E-state index contributed by atoms with van der Waals surface area (Å²) >= 11 is 0. The second-order valence-electron chi connectivity index (χ2n) is 4.63. The van der Waals surface area contributed by atoms with Crippen molar-refractivity contribution >= 4 is 17.3 Å². The van der Waals surface area contributed by atoms with Crippen LogP contribution in [0.1, 0.15) is 32.3 Å². The number of alkyl halides is 3. The Bertz CT molecular complexity index is 507. The molecule has 0 saturated heterocycles. The second-order valence-corrected chi connectivity index (χ2v) is 4.63. The lowest BCUT2D eigenvalue weighted by Crippen LogP contribution is -2.51. The van der Waals surface area contributed by atoms with E-state index in [0.717, 1.165) is 12.1 Å². The van der Waals surface area contributed by atoms with Gasteiger partial charge in [-0.1, -0.05) is 13.8 Å². The van der Waals surface area contributed by atoms with Gasteiger partial charge in [-0.05, 0) is 31.0 Å². The molecule has 0 spiro atoms. The van der Waals surface area contributed by atoms with E-state index in [2.05, 4.69) is 10.6 Å². The van der Waals surface area contributed by atoms with Crippen LogP contribution in [0.25, 0.3) is 0 Å². The third kappa shape index (κ3) is 2.27. The predicted octanol–water partition coefficient (Wildman–Crippen LogP) is 3.63. The maximum absolute atomic E-state index is 12.6. The highest BCUT2D eigenvalue weighted by atomic mass is 19.4. The zero-order chi connectivity index (χ0) is 14.3.